The van der Waals surface area contributed by atoms with E-state index in [1.165, 1.54) is 5.56 Å². The van der Waals surface area contributed by atoms with Gasteiger partial charge in [0.15, 0.2) is 11.5 Å². The second kappa shape index (κ2) is 9.94. The molecule has 1 fully saturated rings. The fourth-order valence-electron chi connectivity index (χ4n) is 4.62. The van der Waals surface area contributed by atoms with E-state index < -0.39 is 0 Å². The highest BCUT2D eigenvalue weighted by atomic mass is 79.9. The number of benzene rings is 2. The summed E-state index contributed by atoms with van der Waals surface area (Å²) in [4.78, 5) is 24.4. The fraction of sp³-hybridized carbons (Fsp3) is 0.346. The molecule has 1 aromatic heterocycles. The van der Waals surface area contributed by atoms with E-state index in [-0.39, 0.29) is 36.9 Å². The summed E-state index contributed by atoms with van der Waals surface area (Å²) in [5, 5.41) is 2.95. The molecule has 0 radical (unpaired) electrons. The van der Waals surface area contributed by atoms with Crippen LogP contribution < -0.4 is 24.4 Å². The Bertz CT molecular complexity index is 1300. The molecular weight excluding hydrogens is 528 g/mol. The third kappa shape index (κ3) is 4.70. The molecular formula is C26H25BrN4O5. The molecule has 3 aliphatic heterocycles. The largest absolute Gasteiger partial charge is 0.472 e. The first-order chi connectivity index (χ1) is 17.6. The normalized spacial score (nSPS) is 17.8. The first-order valence-electron chi connectivity index (χ1n) is 12.0. The van der Waals surface area contributed by atoms with Gasteiger partial charge in [0.05, 0.1) is 6.10 Å². The zero-order valence-corrected chi connectivity index (χ0v) is 21.1. The number of halogens is 1. The van der Waals surface area contributed by atoms with Gasteiger partial charge in [0.2, 0.25) is 18.6 Å². The fourth-order valence-corrected chi connectivity index (χ4v) is 5.03. The van der Waals surface area contributed by atoms with E-state index in [0.717, 1.165) is 48.1 Å². The number of anilines is 2. The van der Waals surface area contributed by atoms with Crippen molar-refractivity contribution in [1.82, 2.24) is 15.3 Å². The summed E-state index contributed by atoms with van der Waals surface area (Å²) < 4.78 is 23.6. The molecule has 186 valence electrons. The third-order valence-electron chi connectivity index (χ3n) is 6.49. The highest BCUT2D eigenvalue weighted by molar-refractivity contribution is 9.10. The van der Waals surface area contributed by atoms with Gasteiger partial charge in [-0.15, -0.1) is 0 Å². The summed E-state index contributed by atoms with van der Waals surface area (Å²) >= 11 is 3.54. The Morgan fingerprint density at radius 3 is 3.00 bits per heavy atom. The number of ether oxygens (including phenoxy) is 4. The smallest absolute Gasteiger partial charge is 0.258 e. The highest BCUT2D eigenvalue weighted by Gasteiger charge is 2.26. The number of nitrogens with one attached hydrogen (secondary N) is 1. The molecule has 6 rings (SSSR count). The average Bonchev–Trinajstić information content (AvgIpc) is 3.66. The summed E-state index contributed by atoms with van der Waals surface area (Å²) in [6.07, 6.45) is 4.41. The lowest BCUT2D eigenvalue weighted by Gasteiger charge is -2.19. The quantitative estimate of drug-likeness (QED) is 0.467. The van der Waals surface area contributed by atoms with E-state index in [0.29, 0.717) is 24.0 Å². The number of nitrogens with zero attached hydrogens (tertiary/aromatic N) is 3. The molecule has 2 aromatic carbocycles. The number of aromatic nitrogens is 2. The van der Waals surface area contributed by atoms with Crippen molar-refractivity contribution >= 4 is 33.5 Å². The summed E-state index contributed by atoms with van der Waals surface area (Å²) in [5.74, 6) is 1.81. The maximum absolute atomic E-state index is 13.1. The SMILES string of the molecule is O=C(NCC1CCCO1)c1cnc(N2CCc3cc(Br)ccc32)nc1OCc1ccc2c(c1)OCO2. The lowest BCUT2D eigenvalue weighted by molar-refractivity contribution is 0.0853. The molecule has 1 saturated heterocycles. The van der Waals surface area contributed by atoms with E-state index >= 15 is 0 Å². The van der Waals surface area contributed by atoms with E-state index in [1.54, 1.807) is 6.20 Å². The molecule has 0 aliphatic carbocycles. The Morgan fingerprint density at radius 1 is 1.19 bits per heavy atom. The van der Waals surface area contributed by atoms with Gasteiger partial charge in [-0.2, -0.15) is 4.98 Å². The molecule has 0 bridgehead atoms. The highest BCUT2D eigenvalue weighted by Crippen LogP contribution is 2.36. The lowest BCUT2D eigenvalue weighted by Crippen LogP contribution is -2.32. The van der Waals surface area contributed by atoms with Crippen molar-refractivity contribution in [1.29, 1.82) is 0 Å². The second-order valence-corrected chi connectivity index (χ2v) is 9.80. The second-order valence-electron chi connectivity index (χ2n) is 8.88. The minimum Gasteiger partial charge on any atom is -0.472 e. The van der Waals surface area contributed by atoms with Gasteiger partial charge in [0.25, 0.3) is 5.91 Å². The van der Waals surface area contributed by atoms with Crippen molar-refractivity contribution in [3.63, 3.8) is 0 Å². The number of carbonyl (C=O) groups is 1. The van der Waals surface area contributed by atoms with Crippen LogP contribution in [0.5, 0.6) is 17.4 Å². The topological polar surface area (TPSA) is 95.0 Å². The molecule has 1 amide bonds. The van der Waals surface area contributed by atoms with Gasteiger partial charge >= 0.3 is 0 Å². The van der Waals surface area contributed by atoms with Gasteiger partial charge in [-0.05, 0) is 60.7 Å². The molecule has 0 spiro atoms. The molecule has 4 heterocycles. The zero-order chi connectivity index (χ0) is 24.5. The van der Waals surface area contributed by atoms with Gasteiger partial charge < -0.3 is 29.2 Å². The van der Waals surface area contributed by atoms with Gasteiger partial charge in [0.1, 0.15) is 12.2 Å². The van der Waals surface area contributed by atoms with Crippen LogP contribution >= 0.6 is 15.9 Å². The van der Waals surface area contributed by atoms with Crippen LogP contribution in [0.3, 0.4) is 0 Å². The summed E-state index contributed by atoms with van der Waals surface area (Å²) in [7, 11) is 0. The molecule has 1 N–H and O–H groups in total. The van der Waals surface area contributed by atoms with E-state index in [4.69, 9.17) is 23.9 Å². The molecule has 3 aliphatic rings. The van der Waals surface area contributed by atoms with E-state index in [1.807, 2.05) is 35.2 Å². The van der Waals surface area contributed by atoms with E-state index in [9.17, 15) is 4.79 Å². The molecule has 1 atom stereocenters. The minimum atomic E-state index is -0.288. The van der Waals surface area contributed by atoms with Crippen LogP contribution in [0.15, 0.2) is 47.1 Å². The Morgan fingerprint density at radius 2 is 2.11 bits per heavy atom. The number of rotatable bonds is 7. The maximum atomic E-state index is 13.1. The van der Waals surface area contributed by atoms with Crippen molar-refractivity contribution in [3.8, 4) is 17.4 Å². The zero-order valence-electron chi connectivity index (χ0n) is 19.5. The molecule has 9 nitrogen and oxygen atoms in total. The van der Waals surface area contributed by atoms with Crippen LogP contribution in [0.25, 0.3) is 0 Å². The number of amides is 1. The van der Waals surface area contributed by atoms with Gasteiger partial charge in [0, 0.05) is 36.1 Å². The van der Waals surface area contributed by atoms with Crippen LogP contribution in [0, 0.1) is 0 Å². The predicted molar refractivity (Wildman–Crippen MR) is 135 cm³/mol. The van der Waals surface area contributed by atoms with Crippen molar-refractivity contribution < 1.29 is 23.7 Å². The van der Waals surface area contributed by atoms with Gasteiger partial charge in [-0.25, -0.2) is 4.98 Å². The number of hydrogen-bond donors (Lipinski definition) is 1. The van der Waals surface area contributed by atoms with Gasteiger partial charge in [-0.3, -0.25) is 4.79 Å². The van der Waals surface area contributed by atoms with Crippen molar-refractivity contribution in [2.24, 2.45) is 0 Å². The summed E-state index contributed by atoms with van der Waals surface area (Å²) in [6, 6.07) is 11.8. The Kier molecular flexibility index (Phi) is 6.37. The summed E-state index contributed by atoms with van der Waals surface area (Å²) in [6.45, 7) is 2.34. The van der Waals surface area contributed by atoms with Gasteiger partial charge in [-0.1, -0.05) is 22.0 Å². The van der Waals surface area contributed by atoms with Crippen LogP contribution in [0.1, 0.15) is 34.3 Å². The maximum Gasteiger partial charge on any atom is 0.258 e. The molecule has 36 heavy (non-hydrogen) atoms. The molecule has 3 aromatic rings. The van der Waals surface area contributed by atoms with E-state index in [2.05, 4.69) is 32.3 Å². The number of carbonyl (C=O) groups excluding carboxylic acids is 1. The van der Waals surface area contributed by atoms with Crippen LogP contribution in [-0.2, 0) is 17.8 Å². The van der Waals surface area contributed by atoms with Crippen molar-refractivity contribution in [3.05, 3.63) is 63.8 Å². The van der Waals surface area contributed by atoms with Crippen LogP contribution in [0.4, 0.5) is 11.6 Å². The predicted octanol–water partition coefficient (Wildman–Crippen LogP) is 4.15. The molecule has 0 saturated carbocycles. The monoisotopic (exact) mass is 552 g/mol. The molecule has 1 unspecified atom stereocenters. The first-order valence-corrected chi connectivity index (χ1v) is 12.8. The van der Waals surface area contributed by atoms with Crippen molar-refractivity contribution in [2.75, 3.05) is 31.4 Å². The first kappa shape index (κ1) is 23.1. The van der Waals surface area contributed by atoms with Crippen molar-refractivity contribution in [2.45, 2.75) is 32.0 Å². The number of fused-ring (bicyclic) bond motifs is 2. The number of hydrogen-bond acceptors (Lipinski definition) is 8. The Labute approximate surface area is 216 Å². The summed E-state index contributed by atoms with van der Waals surface area (Å²) in [5.41, 5.74) is 3.43. The standard InChI is InChI=1S/C26H25BrN4O5/c27-18-4-5-21-17(11-18)7-8-31(21)26-29-13-20(24(32)28-12-19-2-1-9-33-19)25(30-26)34-14-16-3-6-22-23(10-16)36-15-35-22/h3-6,10-11,13,19H,1-2,7-9,12,14-15H2,(H,28,32). The Hall–Kier alpha value is -3.37. The van der Waals surface area contributed by atoms with Crippen LogP contribution in [-0.4, -0.2) is 48.5 Å². The lowest BCUT2D eigenvalue weighted by atomic mass is 10.2. The third-order valence-corrected chi connectivity index (χ3v) is 6.98. The minimum absolute atomic E-state index is 0.0348. The Balaban J connectivity index is 1.26. The average molecular weight is 553 g/mol. The van der Waals surface area contributed by atoms with Crippen LogP contribution in [0.2, 0.25) is 0 Å². The molecule has 10 heteroatoms.